The molecule has 0 aliphatic rings. The standard InChI is InChI=1S/C42H23N3OS/c1-2-12-25-23-26(22-21-24(25)11-1)40-43-41(37-30-16-6-9-19-33(30)46-42(37)44-40)45-32-18-8-5-15-29(32)36-38(45)28-14-4-3-13-27(28)35-31-17-7-10-20-34(31)47-39(35)36/h1-23H. The van der Waals surface area contributed by atoms with E-state index in [1.807, 2.05) is 23.5 Å². The van der Waals surface area contributed by atoms with Gasteiger partial charge in [-0.05, 0) is 40.4 Å². The molecule has 4 aromatic heterocycles. The summed E-state index contributed by atoms with van der Waals surface area (Å²) in [5.74, 6) is 1.45. The predicted octanol–water partition coefficient (Wildman–Crippen LogP) is 11.8. The van der Waals surface area contributed by atoms with Gasteiger partial charge in [0.1, 0.15) is 5.58 Å². The number of hydrogen-bond donors (Lipinski definition) is 0. The molecule has 0 saturated heterocycles. The molecule has 0 atom stereocenters. The van der Waals surface area contributed by atoms with E-state index in [1.54, 1.807) is 0 Å². The van der Waals surface area contributed by atoms with E-state index in [1.165, 1.54) is 47.1 Å². The average Bonchev–Trinajstić information content (AvgIpc) is 3.81. The first kappa shape index (κ1) is 25.2. The maximum absolute atomic E-state index is 6.50. The van der Waals surface area contributed by atoms with Crippen molar-refractivity contribution in [3.05, 3.63) is 140 Å². The molecule has 0 aliphatic carbocycles. The highest BCUT2D eigenvalue weighted by Gasteiger charge is 2.25. The third kappa shape index (κ3) is 3.41. The van der Waals surface area contributed by atoms with Crippen LogP contribution in [0.4, 0.5) is 0 Å². The summed E-state index contributed by atoms with van der Waals surface area (Å²) in [6, 6.07) is 49.3. The molecule has 0 N–H and O–H groups in total. The second-order valence-corrected chi connectivity index (χ2v) is 13.2. The lowest BCUT2D eigenvalue weighted by atomic mass is 10.00. The van der Waals surface area contributed by atoms with Crippen LogP contribution in [0.1, 0.15) is 0 Å². The summed E-state index contributed by atoms with van der Waals surface area (Å²) in [4.78, 5) is 10.5. The third-order valence-electron chi connectivity index (χ3n) is 9.59. The zero-order valence-electron chi connectivity index (χ0n) is 24.9. The van der Waals surface area contributed by atoms with Crippen LogP contribution in [0.3, 0.4) is 0 Å². The molecule has 0 fully saturated rings. The molecule has 7 aromatic carbocycles. The van der Waals surface area contributed by atoms with E-state index in [0.717, 1.165) is 44.2 Å². The zero-order chi connectivity index (χ0) is 30.6. The Morgan fingerprint density at radius 2 is 1.23 bits per heavy atom. The summed E-state index contributed by atoms with van der Waals surface area (Å²) in [6.45, 7) is 0. The first-order valence-electron chi connectivity index (χ1n) is 15.8. The van der Waals surface area contributed by atoms with Crippen molar-refractivity contribution in [2.24, 2.45) is 0 Å². The van der Waals surface area contributed by atoms with Crippen molar-refractivity contribution in [2.75, 3.05) is 0 Å². The molecule has 5 heteroatoms. The fraction of sp³-hybridized carbons (Fsp3) is 0. The van der Waals surface area contributed by atoms with E-state index in [4.69, 9.17) is 14.4 Å². The highest BCUT2D eigenvalue weighted by Crippen LogP contribution is 2.48. The summed E-state index contributed by atoms with van der Waals surface area (Å²) < 4.78 is 11.5. The first-order chi connectivity index (χ1) is 23.3. The molecular weight excluding hydrogens is 595 g/mol. The molecular formula is C42H23N3OS. The van der Waals surface area contributed by atoms with Crippen molar-refractivity contribution < 1.29 is 4.42 Å². The molecule has 0 bridgehead atoms. The minimum Gasteiger partial charge on any atom is -0.437 e. The quantitative estimate of drug-likeness (QED) is 0.194. The lowest BCUT2D eigenvalue weighted by molar-refractivity contribution is 0.653. The Bertz CT molecular complexity index is 3090. The molecule has 0 aliphatic heterocycles. The maximum atomic E-state index is 6.50. The normalized spacial score (nSPS) is 12.3. The van der Waals surface area contributed by atoms with Crippen LogP contribution in [0, 0.1) is 0 Å². The number of furan rings is 1. The van der Waals surface area contributed by atoms with Gasteiger partial charge in [0.15, 0.2) is 11.6 Å². The van der Waals surface area contributed by atoms with E-state index in [9.17, 15) is 0 Å². The fourth-order valence-electron chi connectivity index (χ4n) is 7.57. The van der Waals surface area contributed by atoms with Gasteiger partial charge in [-0.3, -0.25) is 4.57 Å². The van der Waals surface area contributed by atoms with Gasteiger partial charge in [-0.15, -0.1) is 11.3 Å². The monoisotopic (exact) mass is 617 g/mol. The van der Waals surface area contributed by atoms with Gasteiger partial charge >= 0.3 is 0 Å². The second-order valence-electron chi connectivity index (χ2n) is 12.1. The van der Waals surface area contributed by atoms with Crippen LogP contribution in [0.2, 0.25) is 0 Å². The number of aromatic nitrogens is 3. The lowest BCUT2D eigenvalue weighted by Crippen LogP contribution is -2.02. The molecule has 11 rings (SSSR count). The van der Waals surface area contributed by atoms with Gasteiger partial charge in [0.05, 0.1) is 16.4 Å². The Balaban J connectivity index is 1.37. The largest absolute Gasteiger partial charge is 0.437 e. The van der Waals surface area contributed by atoms with E-state index in [2.05, 4.69) is 132 Å². The number of nitrogens with zero attached hydrogens (tertiary/aromatic N) is 3. The molecule has 0 saturated carbocycles. The van der Waals surface area contributed by atoms with Crippen LogP contribution >= 0.6 is 11.3 Å². The number of benzene rings is 7. The van der Waals surface area contributed by atoms with Crippen molar-refractivity contribution in [1.29, 1.82) is 0 Å². The smallest absolute Gasteiger partial charge is 0.233 e. The number of fused-ring (bicyclic) bond motifs is 14. The van der Waals surface area contributed by atoms with Crippen molar-refractivity contribution in [3.63, 3.8) is 0 Å². The van der Waals surface area contributed by atoms with Crippen molar-refractivity contribution in [3.8, 4) is 17.2 Å². The average molecular weight is 618 g/mol. The summed E-state index contributed by atoms with van der Waals surface area (Å²) >= 11 is 1.87. The predicted molar refractivity (Wildman–Crippen MR) is 197 cm³/mol. The number of thiophene rings is 1. The highest BCUT2D eigenvalue weighted by molar-refractivity contribution is 7.27. The van der Waals surface area contributed by atoms with Crippen LogP contribution in [0.15, 0.2) is 144 Å². The van der Waals surface area contributed by atoms with E-state index in [0.29, 0.717) is 11.5 Å². The highest BCUT2D eigenvalue weighted by atomic mass is 32.1. The molecule has 11 aromatic rings. The lowest BCUT2D eigenvalue weighted by Gasteiger charge is -2.13. The number of hydrogen-bond acceptors (Lipinski definition) is 4. The number of para-hydroxylation sites is 2. The Kier molecular flexibility index (Phi) is 4.96. The molecule has 4 nitrogen and oxygen atoms in total. The fourth-order valence-corrected chi connectivity index (χ4v) is 8.84. The Hall–Kier alpha value is -6.04. The third-order valence-corrected chi connectivity index (χ3v) is 10.8. The Morgan fingerprint density at radius 1 is 0.532 bits per heavy atom. The second kappa shape index (κ2) is 9.25. The number of rotatable bonds is 2. The van der Waals surface area contributed by atoms with Gasteiger partial charge in [-0.25, -0.2) is 4.98 Å². The van der Waals surface area contributed by atoms with E-state index < -0.39 is 0 Å². The summed E-state index contributed by atoms with van der Waals surface area (Å²) in [7, 11) is 0. The van der Waals surface area contributed by atoms with Gasteiger partial charge < -0.3 is 4.42 Å². The molecule has 0 unspecified atom stereocenters. The summed E-state index contributed by atoms with van der Waals surface area (Å²) in [5, 5.41) is 11.8. The first-order valence-corrected chi connectivity index (χ1v) is 16.6. The van der Waals surface area contributed by atoms with Gasteiger partial charge in [-0.1, -0.05) is 115 Å². The van der Waals surface area contributed by atoms with Crippen LogP contribution in [-0.2, 0) is 0 Å². The minimum atomic E-state index is 0.581. The molecule has 47 heavy (non-hydrogen) atoms. The maximum Gasteiger partial charge on any atom is 0.233 e. The van der Waals surface area contributed by atoms with Crippen molar-refractivity contribution in [1.82, 2.24) is 14.5 Å². The van der Waals surface area contributed by atoms with Crippen LogP contribution in [0.5, 0.6) is 0 Å². The van der Waals surface area contributed by atoms with Gasteiger partial charge in [0.25, 0.3) is 0 Å². The topological polar surface area (TPSA) is 43.9 Å². The van der Waals surface area contributed by atoms with Crippen LogP contribution in [-0.4, -0.2) is 14.5 Å². The van der Waals surface area contributed by atoms with Gasteiger partial charge in [-0.2, -0.15) is 4.98 Å². The van der Waals surface area contributed by atoms with E-state index >= 15 is 0 Å². The van der Waals surface area contributed by atoms with Gasteiger partial charge in [0.2, 0.25) is 5.71 Å². The summed E-state index contributed by atoms with van der Waals surface area (Å²) in [6.07, 6.45) is 0. The zero-order valence-corrected chi connectivity index (χ0v) is 25.8. The molecule has 0 spiro atoms. The van der Waals surface area contributed by atoms with Crippen molar-refractivity contribution in [2.45, 2.75) is 0 Å². The summed E-state index contributed by atoms with van der Waals surface area (Å²) in [5.41, 5.74) is 4.58. The Labute approximate surface area is 271 Å². The SMILES string of the molecule is c1ccc2cc(-c3nc(-n4c5ccccc5c5c6sc7ccccc7c6c6ccccc6c54)c4c(n3)oc3ccccc34)ccc2c1. The Morgan fingerprint density at radius 3 is 2.13 bits per heavy atom. The van der Waals surface area contributed by atoms with Crippen LogP contribution < -0.4 is 0 Å². The molecule has 0 radical (unpaired) electrons. The minimum absolute atomic E-state index is 0.581. The van der Waals surface area contributed by atoms with Gasteiger partial charge in [0, 0.05) is 47.3 Å². The van der Waals surface area contributed by atoms with Crippen LogP contribution in [0.25, 0.3) is 103 Å². The van der Waals surface area contributed by atoms with Crippen molar-refractivity contribution >= 4 is 96.9 Å². The molecule has 218 valence electrons. The molecule has 0 amide bonds. The van der Waals surface area contributed by atoms with E-state index in [-0.39, 0.29) is 0 Å². The molecule has 4 heterocycles.